The van der Waals surface area contributed by atoms with Gasteiger partial charge in [-0.2, -0.15) is 5.26 Å². The first-order chi connectivity index (χ1) is 9.54. The van der Waals surface area contributed by atoms with Crippen LogP contribution >= 0.6 is 0 Å². The van der Waals surface area contributed by atoms with E-state index in [0.29, 0.717) is 11.3 Å². The van der Waals surface area contributed by atoms with Crippen LogP contribution in [-0.4, -0.2) is 10.4 Å². The molecule has 0 N–H and O–H groups in total. The third-order valence-corrected chi connectivity index (χ3v) is 3.35. The summed E-state index contributed by atoms with van der Waals surface area (Å²) in [6.45, 7) is 7.41. The maximum atomic E-state index is 11.7. The summed E-state index contributed by atoms with van der Waals surface area (Å²) in [5.74, 6) is -0.0758. The predicted molar refractivity (Wildman–Crippen MR) is 78.3 cm³/mol. The zero-order chi connectivity index (χ0) is 14.7. The number of benzene rings is 1. The molecule has 1 atom stereocenters. The molecule has 1 aromatic carbocycles. The van der Waals surface area contributed by atoms with Crippen LogP contribution < -0.4 is 0 Å². The van der Waals surface area contributed by atoms with Crippen molar-refractivity contribution in [2.24, 2.45) is 0 Å². The van der Waals surface area contributed by atoms with Gasteiger partial charge in [0.05, 0.1) is 6.04 Å². The molecule has 2 aromatic rings. The van der Waals surface area contributed by atoms with Crippen molar-refractivity contribution in [3.63, 3.8) is 0 Å². The molecule has 3 nitrogen and oxygen atoms in total. The average molecular weight is 264 g/mol. The molecule has 0 fully saturated rings. The van der Waals surface area contributed by atoms with E-state index in [4.69, 9.17) is 0 Å². The van der Waals surface area contributed by atoms with Crippen LogP contribution in [0.1, 0.15) is 29.8 Å². The summed E-state index contributed by atoms with van der Waals surface area (Å²) >= 11 is 0. The zero-order valence-electron chi connectivity index (χ0n) is 11.6. The number of aryl methyl sites for hydroxylation is 1. The van der Waals surface area contributed by atoms with E-state index in [2.05, 4.69) is 12.6 Å². The standard InChI is InChI=1S/C17H16N2O/c1-12-6-8-15(9-7-12)17(13(2)14(3)20)19-10-4-5-16(19)11-18/h4-10,17H,2H2,1,3H3/t17-/m0/s1. The molecule has 1 aromatic heterocycles. The number of ketones is 1. The lowest BCUT2D eigenvalue weighted by atomic mass is 9.96. The molecule has 0 radical (unpaired) electrons. The maximum absolute atomic E-state index is 11.7. The van der Waals surface area contributed by atoms with Crippen LogP contribution in [-0.2, 0) is 4.79 Å². The number of Topliss-reactive ketones (excluding diaryl/α,β-unsaturated/α-hetero) is 1. The zero-order valence-corrected chi connectivity index (χ0v) is 11.6. The quantitative estimate of drug-likeness (QED) is 0.794. The highest BCUT2D eigenvalue weighted by Crippen LogP contribution is 2.28. The SMILES string of the molecule is C=C(C(C)=O)[C@@H](c1ccc(C)cc1)n1cccc1C#N. The van der Waals surface area contributed by atoms with Crippen LogP contribution in [0.15, 0.2) is 54.7 Å². The van der Waals surface area contributed by atoms with Gasteiger partial charge in [-0.15, -0.1) is 0 Å². The molecule has 1 heterocycles. The van der Waals surface area contributed by atoms with Gasteiger partial charge < -0.3 is 4.57 Å². The molecular weight excluding hydrogens is 248 g/mol. The normalized spacial score (nSPS) is 11.7. The molecule has 0 aliphatic carbocycles. The second-order valence-corrected chi connectivity index (χ2v) is 4.81. The first kappa shape index (κ1) is 13.8. The Morgan fingerprint density at radius 1 is 1.30 bits per heavy atom. The highest BCUT2D eigenvalue weighted by Gasteiger charge is 2.21. The number of allylic oxidation sites excluding steroid dienone is 1. The van der Waals surface area contributed by atoms with E-state index in [0.717, 1.165) is 11.1 Å². The predicted octanol–water partition coefficient (Wildman–Crippen LogP) is 3.40. The fourth-order valence-corrected chi connectivity index (χ4v) is 2.18. The van der Waals surface area contributed by atoms with Gasteiger partial charge in [-0.1, -0.05) is 36.4 Å². The lowest BCUT2D eigenvalue weighted by molar-refractivity contribution is -0.113. The molecule has 0 amide bonds. The highest BCUT2D eigenvalue weighted by molar-refractivity contribution is 5.94. The first-order valence-corrected chi connectivity index (χ1v) is 6.38. The summed E-state index contributed by atoms with van der Waals surface area (Å²) in [7, 11) is 0. The Kier molecular flexibility index (Phi) is 3.86. The third kappa shape index (κ3) is 2.55. The molecule has 0 aliphatic heterocycles. The Balaban J connectivity index is 2.57. The minimum absolute atomic E-state index is 0.0758. The smallest absolute Gasteiger partial charge is 0.157 e. The molecule has 20 heavy (non-hydrogen) atoms. The van der Waals surface area contributed by atoms with Crippen molar-refractivity contribution >= 4 is 5.78 Å². The van der Waals surface area contributed by atoms with Crippen LogP contribution in [0.4, 0.5) is 0 Å². The second-order valence-electron chi connectivity index (χ2n) is 4.81. The molecular formula is C17H16N2O. The van der Waals surface area contributed by atoms with Gasteiger partial charge in [0, 0.05) is 11.8 Å². The molecule has 0 spiro atoms. The van der Waals surface area contributed by atoms with Crippen LogP contribution in [0.2, 0.25) is 0 Å². The number of nitrogens with zero attached hydrogens (tertiary/aromatic N) is 2. The number of hydrogen-bond donors (Lipinski definition) is 0. The molecule has 0 saturated carbocycles. The van der Waals surface area contributed by atoms with E-state index in [1.54, 1.807) is 22.9 Å². The van der Waals surface area contributed by atoms with E-state index in [1.807, 2.05) is 31.2 Å². The molecule has 2 rings (SSSR count). The van der Waals surface area contributed by atoms with Crippen molar-refractivity contribution in [1.29, 1.82) is 5.26 Å². The van der Waals surface area contributed by atoms with Gasteiger partial charge in [-0.3, -0.25) is 4.79 Å². The average Bonchev–Trinajstić information content (AvgIpc) is 2.89. The number of hydrogen-bond acceptors (Lipinski definition) is 2. The lowest BCUT2D eigenvalue weighted by Gasteiger charge is -2.21. The van der Waals surface area contributed by atoms with Crippen LogP contribution in [0, 0.1) is 18.3 Å². The number of rotatable bonds is 4. The van der Waals surface area contributed by atoms with Gasteiger partial charge in [0.2, 0.25) is 0 Å². The first-order valence-electron chi connectivity index (χ1n) is 6.38. The van der Waals surface area contributed by atoms with Gasteiger partial charge in [0.15, 0.2) is 5.78 Å². The van der Waals surface area contributed by atoms with Gasteiger partial charge in [0.1, 0.15) is 11.8 Å². The Bertz CT molecular complexity index is 687. The van der Waals surface area contributed by atoms with Gasteiger partial charge in [0.25, 0.3) is 0 Å². The van der Waals surface area contributed by atoms with E-state index < -0.39 is 0 Å². The maximum Gasteiger partial charge on any atom is 0.157 e. The van der Waals surface area contributed by atoms with Crippen LogP contribution in [0.5, 0.6) is 0 Å². The van der Waals surface area contributed by atoms with Crippen molar-refractivity contribution in [2.75, 3.05) is 0 Å². The second kappa shape index (κ2) is 5.58. The minimum Gasteiger partial charge on any atom is -0.328 e. The highest BCUT2D eigenvalue weighted by atomic mass is 16.1. The third-order valence-electron chi connectivity index (χ3n) is 3.35. The summed E-state index contributed by atoms with van der Waals surface area (Å²) in [4.78, 5) is 11.7. The monoisotopic (exact) mass is 264 g/mol. The largest absolute Gasteiger partial charge is 0.328 e. The fraction of sp³-hybridized carbons (Fsp3) is 0.176. The molecule has 0 unspecified atom stereocenters. The Labute approximate surface area is 118 Å². The summed E-state index contributed by atoms with van der Waals surface area (Å²) in [6, 6.07) is 13.3. The van der Waals surface area contributed by atoms with Gasteiger partial charge >= 0.3 is 0 Å². The summed E-state index contributed by atoms with van der Waals surface area (Å²) in [5, 5.41) is 9.18. The Morgan fingerprint density at radius 3 is 2.50 bits per heavy atom. The summed E-state index contributed by atoms with van der Waals surface area (Å²) < 4.78 is 1.79. The molecule has 0 saturated heterocycles. The van der Waals surface area contributed by atoms with E-state index in [9.17, 15) is 10.1 Å². The van der Waals surface area contributed by atoms with Crippen molar-refractivity contribution in [1.82, 2.24) is 4.57 Å². The van der Waals surface area contributed by atoms with Gasteiger partial charge in [-0.25, -0.2) is 0 Å². The minimum atomic E-state index is -0.335. The lowest BCUT2D eigenvalue weighted by Crippen LogP contribution is -2.17. The Hall–Kier alpha value is -2.60. The molecule has 0 aliphatic rings. The number of aromatic nitrogens is 1. The molecule has 3 heteroatoms. The Morgan fingerprint density at radius 2 is 1.95 bits per heavy atom. The topological polar surface area (TPSA) is 45.8 Å². The van der Waals surface area contributed by atoms with Crippen molar-refractivity contribution < 1.29 is 4.79 Å². The summed E-state index contributed by atoms with van der Waals surface area (Å²) in [5.41, 5.74) is 3.08. The number of carbonyl (C=O) groups excluding carboxylic acids is 1. The molecule has 100 valence electrons. The number of carbonyl (C=O) groups is 1. The summed E-state index contributed by atoms with van der Waals surface area (Å²) in [6.07, 6.45) is 1.80. The van der Waals surface area contributed by atoms with Crippen LogP contribution in [0.3, 0.4) is 0 Å². The van der Waals surface area contributed by atoms with Gasteiger partial charge in [-0.05, 0) is 31.5 Å². The van der Waals surface area contributed by atoms with Crippen molar-refractivity contribution in [2.45, 2.75) is 19.9 Å². The number of nitriles is 1. The molecule has 0 bridgehead atoms. The fourth-order valence-electron chi connectivity index (χ4n) is 2.18. The van der Waals surface area contributed by atoms with Crippen molar-refractivity contribution in [3.05, 3.63) is 71.6 Å². The van der Waals surface area contributed by atoms with E-state index >= 15 is 0 Å². The van der Waals surface area contributed by atoms with E-state index in [-0.39, 0.29) is 11.8 Å². The van der Waals surface area contributed by atoms with Crippen molar-refractivity contribution in [3.8, 4) is 6.07 Å². The van der Waals surface area contributed by atoms with Crippen LogP contribution in [0.25, 0.3) is 0 Å². The van der Waals surface area contributed by atoms with E-state index in [1.165, 1.54) is 6.92 Å².